The number of ether oxygens (including phenoxy) is 1. The van der Waals surface area contributed by atoms with Crippen LogP contribution in [0.15, 0.2) is 109 Å². The van der Waals surface area contributed by atoms with Gasteiger partial charge in [0.2, 0.25) is 0 Å². The summed E-state index contributed by atoms with van der Waals surface area (Å²) in [4.78, 5) is 11.8. The fourth-order valence-corrected chi connectivity index (χ4v) is 6.86. The monoisotopic (exact) mass is 461 g/mol. The molecule has 0 aliphatic carbocycles. The second kappa shape index (κ2) is 8.47. The highest BCUT2D eigenvalue weighted by molar-refractivity contribution is 7.00. The third kappa shape index (κ3) is 3.76. The van der Waals surface area contributed by atoms with Gasteiger partial charge in [0, 0.05) is 22.0 Å². The minimum atomic E-state index is -1.92. The van der Waals surface area contributed by atoms with E-state index in [0.29, 0.717) is 11.3 Å². The average molecular weight is 462 g/mol. The second-order valence-electron chi connectivity index (χ2n) is 9.24. The first-order valence-electron chi connectivity index (χ1n) is 11.4. The van der Waals surface area contributed by atoms with Crippen molar-refractivity contribution in [3.05, 3.63) is 109 Å². The van der Waals surface area contributed by atoms with Crippen LogP contribution in [-0.2, 0) is 4.79 Å². The van der Waals surface area contributed by atoms with E-state index < -0.39 is 14.0 Å². The molecule has 1 heterocycles. The normalized spacial score (nSPS) is 11.6. The summed E-state index contributed by atoms with van der Waals surface area (Å²) >= 11 is 0. The van der Waals surface area contributed by atoms with Gasteiger partial charge in [0.25, 0.3) is 0 Å². The van der Waals surface area contributed by atoms with E-state index in [1.165, 1.54) is 32.2 Å². The Labute approximate surface area is 200 Å². The molecule has 0 fully saturated rings. The molecular formula is C30H27NO2Si. The maximum atomic E-state index is 11.8. The lowest BCUT2D eigenvalue weighted by Crippen LogP contribution is -2.52. The molecule has 0 spiro atoms. The molecule has 0 aliphatic heterocycles. The molecule has 0 amide bonds. The molecular weight excluding hydrogens is 434 g/mol. The summed E-state index contributed by atoms with van der Waals surface area (Å²) in [6.45, 7) is 9.97. The predicted octanol–water partition coefficient (Wildman–Crippen LogP) is 6.09. The Morgan fingerprint density at radius 3 is 1.71 bits per heavy atom. The van der Waals surface area contributed by atoms with Gasteiger partial charge in [-0.05, 0) is 43.3 Å². The van der Waals surface area contributed by atoms with Gasteiger partial charge in [-0.1, -0.05) is 90.7 Å². The van der Waals surface area contributed by atoms with Gasteiger partial charge in [0.15, 0.2) is 0 Å². The standard InChI is InChI=1S/C30H27NO2Si/c1-21(2)30(32)33-23-15-19-25(20-16-23)34(3,4)24-17-13-22(14-18-24)31-28-11-7-5-9-26(28)27-10-6-8-12-29(27)31/h5-20H,1H2,2-4H3. The van der Waals surface area contributed by atoms with E-state index in [4.69, 9.17) is 4.74 Å². The number of carbonyl (C=O) groups is 1. The van der Waals surface area contributed by atoms with Gasteiger partial charge in [-0.2, -0.15) is 0 Å². The first-order chi connectivity index (χ1) is 16.4. The number of hydrogen-bond acceptors (Lipinski definition) is 2. The maximum absolute atomic E-state index is 11.8. The van der Waals surface area contributed by atoms with Crippen LogP contribution >= 0.6 is 0 Å². The minimum absolute atomic E-state index is 0.391. The van der Waals surface area contributed by atoms with Crippen LogP contribution in [0.3, 0.4) is 0 Å². The van der Waals surface area contributed by atoms with Crippen LogP contribution in [0.5, 0.6) is 5.75 Å². The van der Waals surface area contributed by atoms with E-state index >= 15 is 0 Å². The number of fused-ring (bicyclic) bond motifs is 3. The zero-order valence-corrected chi connectivity index (χ0v) is 20.7. The molecule has 0 atom stereocenters. The van der Waals surface area contributed by atoms with Crippen molar-refractivity contribution in [3.8, 4) is 11.4 Å². The lowest BCUT2D eigenvalue weighted by atomic mass is 10.2. The number of para-hydroxylation sites is 2. The topological polar surface area (TPSA) is 31.2 Å². The lowest BCUT2D eigenvalue weighted by Gasteiger charge is -2.24. The van der Waals surface area contributed by atoms with Gasteiger partial charge in [-0.25, -0.2) is 4.79 Å². The van der Waals surface area contributed by atoms with E-state index in [0.717, 1.165) is 5.69 Å². The van der Waals surface area contributed by atoms with Gasteiger partial charge in [-0.15, -0.1) is 0 Å². The molecule has 5 rings (SSSR count). The van der Waals surface area contributed by atoms with E-state index in [1.807, 2.05) is 12.1 Å². The number of nitrogens with zero attached hydrogens (tertiary/aromatic N) is 1. The molecule has 3 nitrogen and oxygen atoms in total. The highest BCUT2D eigenvalue weighted by Gasteiger charge is 2.26. The smallest absolute Gasteiger partial charge is 0.338 e. The SMILES string of the molecule is C=C(C)C(=O)Oc1ccc([Si](C)(C)c2ccc(-n3c4ccccc4c4ccccc43)cc2)cc1. The van der Waals surface area contributed by atoms with Gasteiger partial charge in [0.05, 0.1) is 11.0 Å². The molecule has 0 N–H and O–H groups in total. The van der Waals surface area contributed by atoms with Crippen molar-refractivity contribution in [1.29, 1.82) is 0 Å². The summed E-state index contributed by atoms with van der Waals surface area (Å²) in [5.41, 5.74) is 3.98. The molecule has 0 saturated heterocycles. The molecule has 4 aromatic carbocycles. The van der Waals surface area contributed by atoms with E-state index in [1.54, 1.807) is 6.92 Å². The van der Waals surface area contributed by atoms with Gasteiger partial charge in [0.1, 0.15) is 13.8 Å². The molecule has 0 saturated carbocycles. The Morgan fingerprint density at radius 2 is 1.21 bits per heavy atom. The van der Waals surface area contributed by atoms with Crippen LogP contribution in [-0.4, -0.2) is 18.6 Å². The first-order valence-corrected chi connectivity index (χ1v) is 14.4. The second-order valence-corrected chi connectivity index (χ2v) is 13.6. The van der Waals surface area contributed by atoms with Gasteiger partial charge in [-0.3, -0.25) is 0 Å². The number of aromatic nitrogens is 1. The molecule has 5 aromatic rings. The Kier molecular flexibility index (Phi) is 5.46. The van der Waals surface area contributed by atoms with Crippen LogP contribution in [0.2, 0.25) is 13.1 Å². The lowest BCUT2D eigenvalue weighted by molar-refractivity contribution is -0.130. The van der Waals surface area contributed by atoms with Crippen LogP contribution < -0.4 is 15.1 Å². The van der Waals surface area contributed by atoms with Crippen molar-refractivity contribution in [3.63, 3.8) is 0 Å². The Hall–Kier alpha value is -3.89. The largest absolute Gasteiger partial charge is 0.423 e. The van der Waals surface area contributed by atoms with Crippen LogP contribution in [0.25, 0.3) is 27.5 Å². The van der Waals surface area contributed by atoms with Crippen LogP contribution in [0, 0.1) is 0 Å². The van der Waals surface area contributed by atoms with Crippen molar-refractivity contribution < 1.29 is 9.53 Å². The number of esters is 1. The highest BCUT2D eigenvalue weighted by Crippen LogP contribution is 2.31. The summed E-state index contributed by atoms with van der Waals surface area (Å²) in [7, 11) is -1.92. The van der Waals surface area contributed by atoms with Crippen molar-refractivity contribution in [1.82, 2.24) is 4.57 Å². The first kappa shape index (κ1) is 21.9. The number of benzene rings is 4. The summed E-state index contributed by atoms with van der Waals surface area (Å²) in [6, 6.07) is 34.0. The van der Waals surface area contributed by atoms with Gasteiger partial charge < -0.3 is 9.30 Å². The summed E-state index contributed by atoms with van der Waals surface area (Å²) in [5, 5.41) is 5.17. The van der Waals surface area contributed by atoms with Crippen LogP contribution in [0.4, 0.5) is 0 Å². The molecule has 0 bridgehead atoms. The van der Waals surface area contributed by atoms with E-state index in [2.05, 4.69) is 109 Å². The number of carbonyl (C=O) groups excluding carboxylic acids is 1. The Morgan fingerprint density at radius 1 is 0.735 bits per heavy atom. The summed E-state index contributed by atoms with van der Waals surface area (Å²) in [5.74, 6) is 0.146. The van der Waals surface area contributed by atoms with Crippen LogP contribution in [0.1, 0.15) is 6.92 Å². The number of rotatable bonds is 5. The number of hydrogen-bond donors (Lipinski definition) is 0. The fourth-order valence-electron chi connectivity index (χ4n) is 4.53. The van der Waals surface area contributed by atoms with Crippen molar-refractivity contribution in [2.24, 2.45) is 0 Å². The average Bonchev–Trinajstić information content (AvgIpc) is 3.19. The minimum Gasteiger partial charge on any atom is -0.423 e. The zero-order chi connectivity index (χ0) is 23.9. The Bertz CT molecular complexity index is 1470. The molecule has 168 valence electrons. The quantitative estimate of drug-likeness (QED) is 0.137. The van der Waals surface area contributed by atoms with Crippen molar-refractivity contribution in [2.45, 2.75) is 20.0 Å². The zero-order valence-electron chi connectivity index (χ0n) is 19.7. The van der Waals surface area contributed by atoms with E-state index in [9.17, 15) is 4.79 Å². The molecule has 4 heteroatoms. The summed E-state index contributed by atoms with van der Waals surface area (Å²) < 4.78 is 7.69. The molecule has 0 radical (unpaired) electrons. The molecule has 34 heavy (non-hydrogen) atoms. The highest BCUT2D eigenvalue weighted by atomic mass is 28.3. The Balaban J connectivity index is 1.49. The van der Waals surface area contributed by atoms with Crippen molar-refractivity contribution in [2.75, 3.05) is 0 Å². The van der Waals surface area contributed by atoms with Gasteiger partial charge >= 0.3 is 5.97 Å². The third-order valence-corrected chi connectivity index (χ3v) is 10.1. The molecule has 0 aliphatic rings. The van der Waals surface area contributed by atoms with E-state index in [-0.39, 0.29) is 0 Å². The molecule has 0 unspecified atom stereocenters. The molecule has 1 aromatic heterocycles. The predicted molar refractivity (Wildman–Crippen MR) is 144 cm³/mol. The third-order valence-electron chi connectivity index (χ3n) is 6.56. The fraction of sp³-hybridized carbons (Fsp3) is 0.100. The summed E-state index contributed by atoms with van der Waals surface area (Å²) in [6.07, 6.45) is 0. The maximum Gasteiger partial charge on any atom is 0.338 e. The van der Waals surface area contributed by atoms with Crippen molar-refractivity contribution >= 4 is 46.2 Å².